The summed E-state index contributed by atoms with van der Waals surface area (Å²) in [5.74, 6) is 1.51. The van der Waals surface area contributed by atoms with E-state index in [9.17, 15) is 9.18 Å². The first-order valence-electron chi connectivity index (χ1n) is 8.05. The summed E-state index contributed by atoms with van der Waals surface area (Å²) in [5.41, 5.74) is 0. The zero-order valence-electron chi connectivity index (χ0n) is 13.3. The van der Waals surface area contributed by atoms with Gasteiger partial charge in [0.05, 0.1) is 4.88 Å². The van der Waals surface area contributed by atoms with E-state index in [-0.39, 0.29) is 17.8 Å². The average molecular weight is 344 g/mol. The maximum Gasteiger partial charge on any atom is 0.261 e. The molecule has 0 aliphatic carbocycles. The number of benzene rings is 1. The van der Waals surface area contributed by atoms with Crippen molar-refractivity contribution >= 4 is 27.3 Å². The van der Waals surface area contributed by atoms with Crippen LogP contribution in [-0.4, -0.2) is 26.7 Å². The van der Waals surface area contributed by atoms with Gasteiger partial charge < -0.3 is 9.88 Å². The molecular weight excluding hydrogens is 327 g/mol. The molecule has 5 nitrogen and oxygen atoms in total. The molecule has 3 heterocycles. The Balaban J connectivity index is 1.52. The van der Waals surface area contributed by atoms with Crippen molar-refractivity contribution in [2.45, 2.75) is 38.8 Å². The summed E-state index contributed by atoms with van der Waals surface area (Å²) >= 11 is 1.32. The van der Waals surface area contributed by atoms with Crippen LogP contribution in [0.1, 0.15) is 34.7 Å². The van der Waals surface area contributed by atoms with Crippen LogP contribution >= 0.6 is 11.3 Å². The molecule has 1 aliphatic rings. The Morgan fingerprint density at radius 3 is 3.12 bits per heavy atom. The molecule has 0 bridgehead atoms. The van der Waals surface area contributed by atoms with Crippen LogP contribution in [0.3, 0.4) is 0 Å². The van der Waals surface area contributed by atoms with Gasteiger partial charge >= 0.3 is 0 Å². The maximum absolute atomic E-state index is 13.8. The summed E-state index contributed by atoms with van der Waals surface area (Å²) in [7, 11) is 0. The molecule has 2 aromatic heterocycles. The predicted octanol–water partition coefficient (Wildman–Crippen LogP) is 2.94. The lowest BCUT2D eigenvalue weighted by Gasteiger charge is -2.25. The average Bonchev–Trinajstić information content (AvgIpc) is 3.19. The summed E-state index contributed by atoms with van der Waals surface area (Å²) in [5, 5.41) is 12.0. The van der Waals surface area contributed by atoms with Crippen molar-refractivity contribution in [1.29, 1.82) is 0 Å². The maximum atomic E-state index is 13.8. The smallest absolute Gasteiger partial charge is 0.261 e. The summed E-state index contributed by atoms with van der Waals surface area (Å²) in [4.78, 5) is 13.1. The Bertz CT molecular complexity index is 903. The van der Waals surface area contributed by atoms with Crippen LogP contribution in [0, 0.1) is 5.82 Å². The number of carbonyl (C=O) groups excluding carboxylic acids is 1. The molecule has 124 valence electrons. The first-order valence-corrected chi connectivity index (χ1v) is 8.87. The predicted molar refractivity (Wildman–Crippen MR) is 90.8 cm³/mol. The molecular formula is C17H17FN4OS. The number of nitrogens with zero attached hydrogens (tertiary/aromatic N) is 3. The van der Waals surface area contributed by atoms with Crippen LogP contribution < -0.4 is 5.32 Å². The lowest BCUT2D eigenvalue weighted by molar-refractivity contribution is 0.0931. The minimum atomic E-state index is -0.290. The van der Waals surface area contributed by atoms with Crippen LogP contribution in [0.2, 0.25) is 0 Å². The highest BCUT2D eigenvalue weighted by Gasteiger charge is 2.24. The molecule has 1 amide bonds. The number of aryl methyl sites for hydroxylation is 2. The molecule has 1 atom stereocenters. The van der Waals surface area contributed by atoms with Crippen molar-refractivity contribution in [2.75, 3.05) is 0 Å². The summed E-state index contributed by atoms with van der Waals surface area (Å²) < 4.78 is 16.7. The second kappa shape index (κ2) is 5.98. The van der Waals surface area contributed by atoms with E-state index in [1.54, 1.807) is 12.1 Å². The number of carbonyl (C=O) groups is 1. The van der Waals surface area contributed by atoms with Crippen molar-refractivity contribution in [2.24, 2.45) is 0 Å². The van der Waals surface area contributed by atoms with Gasteiger partial charge in [-0.1, -0.05) is 13.0 Å². The minimum absolute atomic E-state index is 0.0429. The number of aromatic nitrogens is 3. The molecule has 0 saturated heterocycles. The number of hydrogen-bond donors (Lipinski definition) is 1. The Hall–Kier alpha value is -2.28. The third-order valence-corrected chi connectivity index (χ3v) is 5.51. The molecule has 0 fully saturated rings. The van der Waals surface area contributed by atoms with Crippen molar-refractivity contribution < 1.29 is 9.18 Å². The normalized spacial score (nSPS) is 17.0. The Kier molecular flexibility index (Phi) is 3.80. The molecule has 0 radical (unpaired) electrons. The molecule has 3 aromatic rings. The summed E-state index contributed by atoms with van der Waals surface area (Å²) in [6.45, 7) is 2.74. The topological polar surface area (TPSA) is 59.8 Å². The highest BCUT2D eigenvalue weighted by molar-refractivity contribution is 7.20. The van der Waals surface area contributed by atoms with Crippen LogP contribution in [0.4, 0.5) is 4.39 Å². The number of rotatable bonds is 3. The van der Waals surface area contributed by atoms with Crippen LogP contribution in [-0.2, 0) is 19.4 Å². The molecule has 24 heavy (non-hydrogen) atoms. The SMILES string of the molecule is CCc1nnc2n1C[C@H](NC(=O)c1cc3c(F)cccc3s1)CC2. The van der Waals surface area contributed by atoms with E-state index >= 15 is 0 Å². The van der Waals surface area contributed by atoms with Gasteiger partial charge in [-0.2, -0.15) is 0 Å². The first-order chi connectivity index (χ1) is 11.7. The largest absolute Gasteiger partial charge is 0.347 e. The van der Waals surface area contributed by atoms with Gasteiger partial charge in [-0.3, -0.25) is 4.79 Å². The van der Waals surface area contributed by atoms with Gasteiger partial charge in [-0.15, -0.1) is 21.5 Å². The fraction of sp³-hybridized carbons (Fsp3) is 0.353. The number of halogens is 1. The number of thiophene rings is 1. The quantitative estimate of drug-likeness (QED) is 0.795. The van der Waals surface area contributed by atoms with E-state index < -0.39 is 0 Å². The van der Waals surface area contributed by atoms with E-state index in [4.69, 9.17) is 0 Å². The molecule has 0 saturated carbocycles. The van der Waals surface area contributed by atoms with E-state index in [1.165, 1.54) is 17.4 Å². The molecule has 4 rings (SSSR count). The van der Waals surface area contributed by atoms with Gasteiger partial charge in [0.15, 0.2) is 0 Å². The van der Waals surface area contributed by atoms with Gasteiger partial charge in [-0.25, -0.2) is 4.39 Å². The Morgan fingerprint density at radius 2 is 2.33 bits per heavy atom. The summed E-state index contributed by atoms with van der Waals surface area (Å²) in [6, 6.07) is 6.59. The minimum Gasteiger partial charge on any atom is -0.347 e. The molecule has 1 aliphatic heterocycles. The van der Waals surface area contributed by atoms with Crippen molar-refractivity contribution in [3.05, 3.63) is 46.6 Å². The number of amides is 1. The van der Waals surface area contributed by atoms with Crippen LogP contribution in [0.15, 0.2) is 24.3 Å². The molecule has 1 N–H and O–H groups in total. The number of fused-ring (bicyclic) bond motifs is 2. The fourth-order valence-corrected chi connectivity index (χ4v) is 4.13. The number of hydrogen-bond acceptors (Lipinski definition) is 4. The number of nitrogens with one attached hydrogen (secondary N) is 1. The second-order valence-corrected chi connectivity index (χ2v) is 7.05. The first kappa shape index (κ1) is 15.3. The van der Waals surface area contributed by atoms with E-state index in [2.05, 4.69) is 20.1 Å². The zero-order valence-corrected chi connectivity index (χ0v) is 14.1. The monoisotopic (exact) mass is 344 g/mol. The third kappa shape index (κ3) is 2.58. The highest BCUT2D eigenvalue weighted by atomic mass is 32.1. The van der Waals surface area contributed by atoms with Crippen LogP contribution in [0.25, 0.3) is 10.1 Å². The second-order valence-electron chi connectivity index (χ2n) is 5.97. The van der Waals surface area contributed by atoms with Gasteiger partial charge in [0.2, 0.25) is 0 Å². The zero-order chi connectivity index (χ0) is 16.7. The van der Waals surface area contributed by atoms with Crippen LogP contribution in [0.5, 0.6) is 0 Å². The van der Waals surface area contributed by atoms with Crippen molar-refractivity contribution in [3.8, 4) is 0 Å². The molecule has 1 aromatic carbocycles. The van der Waals surface area contributed by atoms with Gasteiger partial charge in [0.1, 0.15) is 17.5 Å². The lowest BCUT2D eigenvalue weighted by Crippen LogP contribution is -2.41. The third-order valence-electron chi connectivity index (χ3n) is 4.41. The van der Waals surface area contributed by atoms with E-state index in [0.717, 1.165) is 35.6 Å². The molecule has 7 heteroatoms. The van der Waals surface area contributed by atoms with Crippen molar-refractivity contribution in [3.63, 3.8) is 0 Å². The Labute approximate surface area is 142 Å². The summed E-state index contributed by atoms with van der Waals surface area (Å²) in [6.07, 6.45) is 2.47. The van der Waals surface area contributed by atoms with Gasteiger partial charge in [-0.05, 0) is 24.6 Å². The Morgan fingerprint density at radius 1 is 1.46 bits per heavy atom. The lowest BCUT2D eigenvalue weighted by atomic mass is 10.1. The highest BCUT2D eigenvalue weighted by Crippen LogP contribution is 2.28. The van der Waals surface area contributed by atoms with Gasteiger partial charge in [0, 0.05) is 35.5 Å². The van der Waals surface area contributed by atoms with Crippen molar-refractivity contribution in [1.82, 2.24) is 20.1 Å². The molecule has 0 spiro atoms. The van der Waals surface area contributed by atoms with Gasteiger partial charge in [0.25, 0.3) is 5.91 Å². The van der Waals surface area contributed by atoms with E-state index in [0.29, 0.717) is 16.8 Å². The fourth-order valence-electron chi connectivity index (χ4n) is 3.16. The molecule has 0 unspecified atom stereocenters. The standard InChI is InChI=1S/C17H17FN4OS/c1-2-15-20-21-16-7-6-10(9-22(15)16)19-17(23)14-8-11-12(18)4-3-5-13(11)24-14/h3-5,8,10H,2,6-7,9H2,1H3,(H,19,23)/t10-/m1/s1. The van der Waals surface area contributed by atoms with E-state index in [1.807, 2.05) is 13.0 Å².